The first-order valence-corrected chi connectivity index (χ1v) is 8.12. The molecule has 0 spiro atoms. The zero-order chi connectivity index (χ0) is 15.6. The molecule has 0 saturated carbocycles. The Morgan fingerprint density at radius 3 is 2.26 bits per heavy atom. The molecule has 4 heterocycles. The molecule has 2 saturated heterocycles. The molecular weight excluding hydrogens is 288 g/mol. The summed E-state index contributed by atoms with van der Waals surface area (Å²) in [6.07, 6.45) is 3.53. The number of nitrogens with zero attached hydrogens (tertiary/aromatic N) is 4. The van der Waals surface area contributed by atoms with Crippen LogP contribution in [-0.4, -0.2) is 51.9 Å². The van der Waals surface area contributed by atoms with Gasteiger partial charge in [0.2, 0.25) is 0 Å². The largest absolute Gasteiger partial charge is 0.337 e. The van der Waals surface area contributed by atoms with Crippen LogP contribution in [0.5, 0.6) is 0 Å². The molecular formula is C18H20N4O. The average Bonchev–Trinajstić information content (AvgIpc) is 3.14. The van der Waals surface area contributed by atoms with Crippen molar-refractivity contribution < 1.29 is 4.79 Å². The Bertz CT molecular complexity index is 662. The van der Waals surface area contributed by atoms with E-state index in [0.29, 0.717) is 17.5 Å². The molecule has 0 unspecified atom stereocenters. The van der Waals surface area contributed by atoms with Crippen molar-refractivity contribution in [2.45, 2.75) is 6.54 Å². The molecule has 5 nitrogen and oxygen atoms in total. The van der Waals surface area contributed by atoms with Gasteiger partial charge in [-0.05, 0) is 36.1 Å². The second-order valence-electron chi connectivity index (χ2n) is 6.46. The van der Waals surface area contributed by atoms with Crippen molar-refractivity contribution in [2.24, 2.45) is 11.8 Å². The van der Waals surface area contributed by atoms with Crippen LogP contribution in [0.3, 0.4) is 0 Å². The average molecular weight is 308 g/mol. The third kappa shape index (κ3) is 2.97. The third-order valence-corrected chi connectivity index (χ3v) is 4.84. The van der Waals surface area contributed by atoms with Crippen molar-refractivity contribution in [3.8, 4) is 0 Å². The summed E-state index contributed by atoms with van der Waals surface area (Å²) in [7, 11) is 0. The van der Waals surface area contributed by atoms with Crippen LogP contribution in [0.25, 0.3) is 0 Å². The normalized spacial score (nSPS) is 23.9. The van der Waals surface area contributed by atoms with Crippen LogP contribution >= 0.6 is 0 Å². The van der Waals surface area contributed by atoms with E-state index in [4.69, 9.17) is 0 Å². The van der Waals surface area contributed by atoms with Crippen LogP contribution in [0.2, 0.25) is 0 Å². The minimum Gasteiger partial charge on any atom is -0.337 e. The maximum atomic E-state index is 12.5. The van der Waals surface area contributed by atoms with E-state index >= 15 is 0 Å². The Labute approximate surface area is 136 Å². The van der Waals surface area contributed by atoms with Crippen LogP contribution in [0.4, 0.5) is 0 Å². The predicted molar refractivity (Wildman–Crippen MR) is 86.6 cm³/mol. The number of aromatic nitrogens is 2. The summed E-state index contributed by atoms with van der Waals surface area (Å²) in [5.74, 6) is 1.22. The Balaban J connectivity index is 1.36. The second kappa shape index (κ2) is 6.08. The smallest absolute Gasteiger partial charge is 0.272 e. The van der Waals surface area contributed by atoms with E-state index in [0.717, 1.165) is 38.4 Å². The Hall–Kier alpha value is -2.27. The van der Waals surface area contributed by atoms with Gasteiger partial charge >= 0.3 is 0 Å². The molecule has 2 fully saturated rings. The molecule has 2 atom stereocenters. The molecule has 4 rings (SSSR count). The molecule has 2 aliphatic heterocycles. The molecule has 0 N–H and O–H groups in total. The quantitative estimate of drug-likeness (QED) is 0.865. The van der Waals surface area contributed by atoms with E-state index in [2.05, 4.69) is 20.9 Å². The summed E-state index contributed by atoms with van der Waals surface area (Å²) >= 11 is 0. The number of carbonyl (C=O) groups excluding carboxylic acids is 1. The third-order valence-electron chi connectivity index (χ3n) is 4.84. The molecule has 2 aliphatic rings. The molecule has 0 radical (unpaired) electrons. The molecule has 0 aliphatic carbocycles. The van der Waals surface area contributed by atoms with Gasteiger partial charge in [0.1, 0.15) is 5.69 Å². The number of hydrogen-bond acceptors (Lipinski definition) is 4. The highest BCUT2D eigenvalue weighted by Crippen LogP contribution is 2.32. The molecule has 0 bridgehead atoms. The van der Waals surface area contributed by atoms with Gasteiger partial charge in [0.15, 0.2) is 0 Å². The van der Waals surface area contributed by atoms with Gasteiger partial charge in [-0.2, -0.15) is 0 Å². The molecule has 2 aromatic rings. The van der Waals surface area contributed by atoms with E-state index in [1.165, 1.54) is 0 Å². The lowest BCUT2D eigenvalue weighted by atomic mass is 10.0. The predicted octanol–water partition coefficient (Wildman–Crippen LogP) is 1.68. The summed E-state index contributed by atoms with van der Waals surface area (Å²) in [5.41, 5.74) is 1.67. The van der Waals surface area contributed by atoms with Gasteiger partial charge in [-0.3, -0.25) is 19.7 Å². The highest BCUT2D eigenvalue weighted by molar-refractivity contribution is 5.92. The van der Waals surface area contributed by atoms with Crippen LogP contribution in [0.1, 0.15) is 16.2 Å². The van der Waals surface area contributed by atoms with Gasteiger partial charge in [-0.15, -0.1) is 0 Å². The summed E-state index contributed by atoms with van der Waals surface area (Å²) in [6, 6.07) is 11.6. The SMILES string of the molecule is O=C(c1ccccn1)N1C[C@H]2CN(Cc3ccccn3)C[C@H]2C1. The lowest BCUT2D eigenvalue weighted by molar-refractivity contribution is 0.0767. The van der Waals surface area contributed by atoms with Crippen molar-refractivity contribution >= 4 is 5.91 Å². The first kappa shape index (κ1) is 14.3. The van der Waals surface area contributed by atoms with E-state index in [-0.39, 0.29) is 5.91 Å². The van der Waals surface area contributed by atoms with Gasteiger partial charge in [0, 0.05) is 45.1 Å². The second-order valence-corrected chi connectivity index (χ2v) is 6.46. The minimum atomic E-state index is 0.0660. The highest BCUT2D eigenvalue weighted by Gasteiger charge is 2.41. The lowest BCUT2D eigenvalue weighted by Crippen LogP contribution is -2.33. The number of pyridine rings is 2. The fourth-order valence-electron chi connectivity index (χ4n) is 3.76. The van der Waals surface area contributed by atoms with E-state index in [1.54, 1.807) is 12.3 Å². The van der Waals surface area contributed by atoms with E-state index < -0.39 is 0 Å². The number of carbonyl (C=O) groups is 1. The Kier molecular flexibility index (Phi) is 3.79. The first-order chi connectivity index (χ1) is 11.3. The van der Waals surface area contributed by atoms with Gasteiger partial charge in [0.05, 0.1) is 5.69 Å². The fourth-order valence-corrected chi connectivity index (χ4v) is 3.76. The molecule has 23 heavy (non-hydrogen) atoms. The van der Waals surface area contributed by atoms with Crippen molar-refractivity contribution in [1.82, 2.24) is 19.8 Å². The number of fused-ring (bicyclic) bond motifs is 1. The lowest BCUT2D eigenvalue weighted by Gasteiger charge is -2.21. The maximum absolute atomic E-state index is 12.5. The van der Waals surface area contributed by atoms with Gasteiger partial charge in [-0.25, -0.2) is 0 Å². The van der Waals surface area contributed by atoms with Gasteiger partial charge < -0.3 is 4.90 Å². The van der Waals surface area contributed by atoms with Gasteiger partial charge in [-0.1, -0.05) is 12.1 Å². The van der Waals surface area contributed by atoms with Crippen molar-refractivity contribution in [1.29, 1.82) is 0 Å². The van der Waals surface area contributed by atoms with Crippen molar-refractivity contribution in [3.05, 3.63) is 60.2 Å². The highest BCUT2D eigenvalue weighted by atomic mass is 16.2. The standard InChI is InChI=1S/C18H20N4O/c23-18(17-6-2-4-8-20-17)22-11-14-9-21(10-15(14)12-22)13-16-5-1-3-7-19-16/h1-8,14-15H,9-13H2/t14-,15+. The summed E-state index contributed by atoms with van der Waals surface area (Å²) in [4.78, 5) is 25.5. The van der Waals surface area contributed by atoms with Gasteiger partial charge in [0.25, 0.3) is 5.91 Å². The number of rotatable bonds is 3. The zero-order valence-corrected chi connectivity index (χ0v) is 13.0. The Morgan fingerprint density at radius 1 is 0.957 bits per heavy atom. The van der Waals surface area contributed by atoms with Crippen LogP contribution in [0.15, 0.2) is 48.8 Å². The molecule has 1 amide bonds. The monoisotopic (exact) mass is 308 g/mol. The zero-order valence-electron chi connectivity index (χ0n) is 13.0. The van der Waals surface area contributed by atoms with Crippen LogP contribution in [-0.2, 0) is 6.54 Å². The fraction of sp³-hybridized carbons (Fsp3) is 0.389. The van der Waals surface area contributed by atoms with E-state index in [1.807, 2.05) is 35.4 Å². The summed E-state index contributed by atoms with van der Waals surface area (Å²) in [6.45, 7) is 4.69. The summed E-state index contributed by atoms with van der Waals surface area (Å²) in [5, 5.41) is 0. The maximum Gasteiger partial charge on any atom is 0.272 e. The van der Waals surface area contributed by atoms with Crippen molar-refractivity contribution in [3.63, 3.8) is 0 Å². The van der Waals surface area contributed by atoms with Crippen LogP contribution in [0, 0.1) is 11.8 Å². The Morgan fingerprint density at radius 2 is 1.65 bits per heavy atom. The molecule has 5 heteroatoms. The van der Waals surface area contributed by atoms with Crippen molar-refractivity contribution in [2.75, 3.05) is 26.2 Å². The molecule has 118 valence electrons. The minimum absolute atomic E-state index is 0.0660. The topological polar surface area (TPSA) is 49.3 Å². The first-order valence-electron chi connectivity index (χ1n) is 8.12. The van der Waals surface area contributed by atoms with E-state index in [9.17, 15) is 4.79 Å². The summed E-state index contributed by atoms with van der Waals surface area (Å²) < 4.78 is 0. The number of amides is 1. The van der Waals surface area contributed by atoms with Crippen LogP contribution < -0.4 is 0 Å². The molecule has 0 aromatic carbocycles. The molecule has 2 aromatic heterocycles. The number of hydrogen-bond donors (Lipinski definition) is 0. The number of likely N-dealkylation sites (tertiary alicyclic amines) is 2.